The Morgan fingerprint density at radius 3 is 2.88 bits per heavy atom. The van der Waals surface area contributed by atoms with Crippen LogP contribution in [0.2, 0.25) is 0 Å². The first-order valence-corrected chi connectivity index (χ1v) is 7.51. The van der Waals surface area contributed by atoms with E-state index in [1.54, 1.807) is 0 Å². The lowest BCUT2D eigenvalue weighted by Gasteiger charge is -2.30. The molecule has 0 bridgehead atoms. The van der Waals surface area contributed by atoms with Crippen molar-refractivity contribution in [2.45, 2.75) is 19.4 Å². The van der Waals surface area contributed by atoms with Crippen LogP contribution >= 0.6 is 27.3 Å². The monoisotopic (exact) mass is 307 g/mol. The van der Waals surface area contributed by atoms with Crippen molar-refractivity contribution in [3.8, 4) is 0 Å². The minimum atomic E-state index is 1.03. The zero-order valence-electron chi connectivity index (χ0n) is 9.53. The standard InChI is InChI=1S/C14H14BrNS/c15-14-8-7-12(17-14)10-16-9-3-5-11-4-1-2-6-13(11)16/h1-2,4,6-8H,3,5,9-10H2. The Kier molecular flexibility index (Phi) is 3.21. The zero-order chi connectivity index (χ0) is 11.7. The molecule has 2 heterocycles. The summed E-state index contributed by atoms with van der Waals surface area (Å²) in [4.78, 5) is 3.92. The Morgan fingerprint density at radius 2 is 2.06 bits per heavy atom. The lowest BCUT2D eigenvalue weighted by Crippen LogP contribution is -2.28. The molecule has 3 rings (SSSR count). The van der Waals surface area contributed by atoms with Crippen molar-refractivity contribution >= 4 is 33.0 Å². The highest BCUT2D eigenvalue weighted by molar-refractivity contribution is 9.11. The summed E-state index contributed by atoms with van der Waals surface area (Å²) in [7, 11) is 0. The van der Waals surface area contributed by atoms with Gasteiger partial charge in [-0.05, 0) is 52.5 Å². The zero-order valence-corrected chi connectivity index (χ0v) is 11.9. The number of thiophene rings is 1. The summed E-state index contributed by atoms with van der Waals surface area (Å²) in [6.07, 6.45) is 2.49. The van der Waals surface area contributed by atoms with E-state index in [9.17, 15) is 0 Å². The molecule has 0 amide bonds. The molecule has 0 unspecified atom stereocenters. The number of halogens is 1. The predicted molar refractivity (Wildman–Crippen MR) is 77.8 cm³/mol. The molecule has 1 aromatic heterocycles. The van der Waals surface area contributed by atoms with Crippen molar-refractivity contribution in [3.63, 3.8) is 0 Å². The third-order valence-electron chi connectivity index (χ3n) is 3.18. The minimum absolute atomic E-state index is 1.03. The van der Waals surface area contributed by atoms with Crippen LogP contribution in [0, 0.1) is 0 Å². The smallest absolute Gasteiger partial charge is 0.0702 e. The average Bonchev–Trinajstić information content (AvgIpc) is 2.75. The molecule has 0 spiro atoms. The SMILES string of the molecule is Brc1ccc(CN2CCCc3ccccc32)s1. The van der Waals surface area contributed by atoms with Gasteiger partial charge in [0.05, 0.1) is 10.3 Å². The van der Waals surface area contributed by atoms with Gasteiger partial charge in [-0.1, -0.05) is 18.2 Å². The third-order valence-corrected chi connectivity index (χ3v) is 4.79. The van der Waals surface area contributed by atoms with Gasteiger partial charge in [0, 0.05) is 17.1 Å². The van der Waals surface area contributed by atoms with Crippen molar-refractivity contribution in [2.24, 2.45) is 0 Å². The van der Waals surface area contributed by atoms with E-state index < -0.39 is 0 Å². The average molecular weight is 308 g/mol. The Balaban J connectivity index is 1.85. The Hall–Kier alpha value is -0.800. The van der Waals surface area contributed by atoms with Crippen LogP contribution < -0.4 is 4.90 Å². The molecule has 3 heteroatoms. The van der Waals surface area contributed by atoms with Crippen LogP contribution in [0.25, 0.3) is 0 Å². The van der Waals surface area contributed by atoms with E-state index in [0.717, 1.165) is 6.54 Å². The van der Waals surface area contributed by atoms with Gasteiger partial charge >= 0.3 is 0 Å². The fourth-order valence-electron chi connectivity index (χ4n) is 2.40. The number of rotatable bonds is 2. The van der Waals surface area contributed by atoms with E-state index in [4.69, 9.17) is 0 Å². The summed E-state index contributed by atoms with van der Waals surface area (Å²) in [5.41, 5.74) is 2.91. The molecule has 0 atom stereocenters. The second-order valence-corrected chi connectivity index (χ2v) is 6.91. The molecule has 2 aromatic rings. The molecule has 0 saturated carbocycles. The van der Waals surface area contributed by atoms with Crippen LogP contribution in [0.3, 0.4) is 0 Å². The second-order valence-electron chi connectivity index (χ2n) is 4.36. The highest BCUT2D eigenvalue weighted by atomic mass is 79.9. The molecule has 0 N–H and O–H groups in total. The van der Waals surface area contributed by atoms with Crippen LogP contribution in [0.15, 0.2) is 40.2 Å². The van der Waals surface area contributed by atoms with Gasteiger partial charge in [0.25, 0.3) is 0 Å². The molecule has 0 saturated heterocycles. The topological polar surface area (TPSA) is 3.24 Å². The Labute approximate surface area is 114 Å². The van der Waals surface area contributed by atoms with Gasteiger partial charge in [0.2, 0.25) is 0 Å². The van der Waals surface area contributed by atoms with Crippen LogP contribution in [0.4, 0.5) is 5.69 Å². The number of hydrogen-bond donors (Lipinski definition) is 0. The molecule has 0 radical (unpaired) electrons. The number of para-hydroxylation sites is 1. The van der Waals surface area contributed by atoms with E-state index in [0.29, 0.717) is 0 Å². The molecule has 1 aliphatic rings. The van der Waals surface area contributed by atoms with Gasteiger partial charge in [-0.3, -0.25) is 0 Å². The van der Waals surface area contributed by atoms with Crippen molar-refractivity contribution in [3.05, 3.63) is 50.6 Å². The maximum absolute atomic E-state index is 3.53. The van der Waals surface area contributed by atoms with Gasteiger partial charge in [-0.2, -0.15) is 0 Å². The Morgan fingerprint density at radius 1 is 1.18 bits per heavy atom. The van der Waals surface area contributed by atoms with Crippen molar-refractivity contribution in [1.29, 1.82) is 0 Å². The number of nitrogens with zero attached hydrogens (tertiary/aromatic N) is 1. The van der Waals surface area contributed by atoms with E-state index in [1.807, 2.05) is 11.3 Å². The summed E-state index contributed by atoms with van der Waals surface area (Å²) in [5.74, 6) is 0. The van der Waals surface area contributed by atoms with Crippen LogP contribution in [-0.2, 0) is 13.0 Å². The quantitative estimate of drug-likeness (QED) is 0.791. The second kappa shape index (κ2) is 4.83. The van der Waals surface area contributed by atoms with Gasteiger partial charge in [0.1, 0.15) is 0 Å². The maximum Gasteiger partial charge on any atom is 0.0702 e. The molecule has 1 aliphatic heterocycles. The first-order valence-electron chi connectivity index (χ1n) is 5.90. The van der Waals surface area contributed by atoms with Gasteiger partial charge in [-0.15, -0.1) is 11.3 Å². The number of fused-ring (bicyclic) bond motifs is 1. The maximum atomic E-state index is 3.53. The van der Waals surface area contributed by atoms with E-state index in [1.165, 1.54) is 39.3 Å². The molecule has 0 aliphatic carbocycles. The molecular weight excluding hydrogens is 294 g/mol. The summed E-state index contributed by atoms with van der Waals surface area (Å²) < 4.78 is 1.22. The highest BCUT2D eigenvalue weighted by Gasteiger charge is 2.16. The van der Waals surface area contributed by atoms with Crippen molar-refractivity contribution in [2.75, 3.05) is 11.4 Å². The molecule has 0 fully saturated rings. The lowest BCUT2D eigenvalue weighted by atomic mass is 10.0. The minimum Gasteiger partial charge on any atom is -0.366 e. The molecular formula is C14H14BrNS. The van der Waals surface area contributed by atoms with E-state index in [2.05, 4.69) is 57.2 Å². The molecule has 88 valence electrons. The Bertz CT molecular complexity index is 520. The van der Waals surface area contributed by atoms with Crippen LogP contribution in [0.1, 0.15) is 16.9 Å². The number of aryl methyl sites for hydroxylation is 1. The first-order chi connectivity index (χ1) is 8.33. The molecule has 17 heavy (non-hydrogen) atoms. The fraction of sp³-hybridized carbons (Fsp3) is 0.286. The van der Waals surface area contributed by atoms with Crippen LogP contribution in [0.5, 0.6) is 0 Å². The van der Waals surface area contributed by atoms with Crippen molar-refractivity contribution < 1.29 is 0 Å². The highest BCUT2D eigenvalue weighted by Crippen LogP contribution is 2.30. The molecule has 1 nitrogen and oxygen atoms in total. The lowest BCUT2D eigenvalue weighted by molar-refractivity contribution is 0.695. The normalized spacial score (nSPS) is 14.8. The summed E-state index contributed by atoms with van der Waals surface area (Å²) in [6.45, 7) is 2.21. The first kappa shape index (κ1) is 11.3. The van der Waals surface area contributed by atoms with Crippen molar-refractivity contribution in [1.82, 2.24) is 0 Å². The van der Waals surface area contributed by atoms with Crippen LogP contribution in [-0.4, -0.2) is 6.54 Å². The predicted octanol–water partition coefficient (Wildman–Crippen LogP) is 4.46. The number of hydrogen-bond acceptors (Lipinski definition) is 2. The largest absolute Gasteiger partial charge is 0.366 e. The van der Waals surface area contributed by atoms with Gasteiger partial charge in [0.15, 0.2) is 0 Å². The van der Waals surface area contributed by atoms with Gasteiger partial charge in [-0.25, -0.2) is 0 Å². The van der Waals surface area contributed by atoms with E-state index in [-0.39, 0.29) is 0 Å². The number of benzene rings is 1. The van der Waals surface area contributed by atoms with Gasteiger partial charge < -0.3 is 4.90 Å². The summed E-state index contributed by atoms with van der Waals surface area (Å²) in [6, 6.07) is 13.1. The summed E-state index contributed by atoms with van der Waals surface area (Å²) in [5, 5.41) is 0. The third kappa shape index (κ3) is 2.40. The number of anilines is 1. The summed E-state index contributed by atoms with van der Waals surface area (Å²) >= 11 is 5.36. The molecule has 1 aromatic carbocycles. The fourth-order valence-corrected chi connectivity index (χ4v) is 3.90. The van der Waals surface area contributed by atoms with E-state index >= 15 is 0 Å².